The van der Waals surface area contributed by atoms with Crippen LogP contribution in [0.3, 0.4) is 0 Å². The molecular weight excluding hydrogens is 282 g/mol. The maximum absolute atomic E-state index is 3.68. The fourth-order valence-corrected chi connectivity index (χ4v) is 3.35. The maximum atomic E-state index is 3.68. The zero-order valence-electron chi connectivity index (χ0n) is 10.6. The van der Waals surface area contributed by atoms with Crippen molar-refractivity contribution in [2.24, 2.45) is 5.41 Å². The smallest absolute Gasteiger partial charge is 0.0391 e. The number of hydrogen-bond acceptors (Lipinski definition) is 2. The predicted molar refractivity (Wildman–Crippen MR) is 77.1 cm³/mol. The standard InChI is InChI=1S/C13H22BrNS/c1-5-7-15-12(13(3,4)6-2)10-8-16-9-11(10)14/h8-9,12,15H,5-7H2,1-4H3. The minimum absolute atomic E-state index is 0.290. The molecule has 0 radical (unpaired) electrons. The highest BCUT2D eigenvalue weighted by Crippen LogP contribution is 2.40. The number of nitrogens with one attached hydrogen (secondary N) is 1. The number of rotatable bonds is 6. The Balaban J connectivity index is 2.92. The maximum Gasteiger partial charge on any atom is 0.0391 e. The van der Waals surface area contributed by atoms with Crippen molar-refractivity contribution in [3.63, 3.8) is 0 Å². The molecule has 0 saturated carbocycles. The zero-order chi connectivity index (χ0) is 12.2. The fourth-order valence-electron chi connectivity index (χ4n) is 1.80. The first kappa shape index (κ1) is 14.2. The third-order valence-corrected chi connectivity index (χ3v) is 5.00. The topological polar surface area (TPSA) is 12.0 Å². The summed E-state index contributed by atoms with van der Waals surface area (Å²) in [5.74, 6) is 0. The molecule has 1 heterocycles. The second-order valence-electron chi connectivity index (χ2n) is 4.90. The summed E-state index contributed by atoms with van der Waals surface area (Å²) >= 11 is 5.42. The SMILES string of the molecule is CCCNC(c1cscc1Br)C(C)(C)CC. The van der Waals surface area contributed by atoms with Gasteiger partial charge < -0.3 is 5.32 Å². The molecule has 0 amide bonds. The van der Waals surface area contributed by atoms with E-state index in [1.54, 1.807) is 11.3 Å². The minimum Gasteiger partial charge on any atom is -0.309 e. The van der Waals surface area contributed by atoms with E-state index in [4.69, 9.17) is 0 Å². The third kappa shape index (κ3) is 3.31. The summed E-state index contributed by atoms with van der Waals surface area (Å²) in [4.78, 5) is 0. The van der Waals surface area contributed by atoms with Gasteiger partial charge in [-0.15, -0.1) is 0 Å². The van der Waals surface area contributed by atoms with E-state index in [1.165, 1.54) is 22.9 Å². The molecule has 0 aliphatic heterocycles. The van der Waals surface area contributed by atoms with Crippen LogP contribution in [0.2, 0.25) is 0 Å². The Morgan fingerprint density at radius 3 is 2.50 bits per heavy atom. The molecule has 1 atom stereocenters. The molecule has 1 N–H and O–H groups in total. The van der Waals surface area contributed by atoms with Gasteiger partial charge in [0.2, 0.25) is 0 Å². The summed E-state index contributed by atoms with van der Waals surface area (Å²) < 4.78 is 1.24. The summed E-state index contributed by atoms with van der Waals surface area (Å²) in [6.07, 6.45) is 2.36. The molecule has 92 valence electrons. The molecule has 3 heteroatoms. The van der Waals surface area contributed by atoms with Crippen LogP contribution < -0.4 is 5.32 Å². The number of halogens is 1. The van der Waals surface area contributed by atoms with Gasteiger partial charge in [-0.25, -0.2) is 0 Å². The highest BCUT2D eigenvalue weighted by Gasteiger charge is 2.30. The molecule has 1 nitrogen and oxygen atoms in total. The van der Waals surface area contributed by atoms with Crippen molar-refractivity contribution in [1.82, 2.24) is 5.32 Å². The van der Waals surface area contributed by atoms with Gasteiger partial charge in [-0.1, -0.05) is 27.7 Å². The first-order valence-corrected chi connectivity index (χ1v) is 7.71. The summed E-state index contributed by atoms with van der Waals surface area (Å²) in [6.45, 7) is 10.2. The lowest BCUT2D eigenvalue weighted by Crippen LogP contribution is -2.34. The number of thiophene rings is 1. The van der Waals surface area contributed by atoms with E-state index < -0.39 is 0 Å². The molecule has 0 aliphatic carbocycles. The molecule has 0 aromatic carbocycles. The van der Waals surface area contributed by atoms with Gasteiger partial charge in [-0.05, 0) is 51.7 Å². The van der Waals surface area contributed by atoms with Crippen LogP contribution in [0.25, 0.3) is 0 Å². The van der Waals surface area contributed by atoms with Gasteiger partial charge in [-0.3, -0.25) is 0 Å². The van der Waals surface area contributed by atoms with Crippen LogP contribution in [0.1, 0.15) is 52.1 Å². The van der Waals surface area contributed by atoms with Crippen molar-refractivity contribution in [1.29, 1.82) is 0 Å². The Bertz CT molecular complexity index is 319. The molecule has 0 aliphatic rings. The normalized spacial score (nSPS) is 14.1. The largest absolute Gasteiger partial charge is 0.309 e. The van der Waals surface area contributed by atoms with E-state index in [0.29, 0.717) is 11.5 Å². The first-order chi connectivity index (χ1) is 7.53. The van der Waals surface area contributed by atoms with Crippen LogP contribution >= 0.6 is 27.3 Å². The van der Waals surface area contributed by atoms with Gasteiger partial charge in [0, 0.05) is 15.9 Å². The molecule has 0 bridgehead atoms. The Kier molecular flexibility index (Phi) is 5.48. The Hall–Kier alpha value is 0.140. The van der Waals surface area contributed by atoms with E-state index in [0.717, 1.165) is 6.54 Å². The molecule has 16 heavy (non-hydrogen) atoms. The van der Waals surface area contributed by atoms with Gasteiger partial charge in [0.15, 0.2) is 0 Å². The second-order valence-corrected chi connectivity index (χ2v) is 6.50. The van der Waals surface area contributed by atoms with E-state index in [-0.39, 0.29) is 0 Å². The lowest BCUT2D eigenvalue weighted by atomic mass is 9.79. The van der Waals surface area contributed by atoms with Crippen molar-refractivity contribution in [2.45, 2.75) is 46.6 Å². The Morgan fingerprint density at radius 1 is 1.38 bits per heavy atom. The molecule has 0 saturated heterocycles. The second kappa shape index (κ2) is 6.18. The lowest BCUT2D eigenvalue weighted by Gasteiger charge is -2.34. The first-order valence-electron chi connectivity index (χ1n) is 5.98. The summed E-state index contributed by atoms with van der Waals surface area (Å²) in [7, 11) is 0. The van der Waals surface area contributed by atoms with E-state index in [1.807, 2.05) is 0 Å². The van der Waals surface area contributed by atoms with Crippen molar-refractivity contribution in [2.75, 3.05) is 6.54 Å². The molecule has 1 rings (SSSR count). The van der Waals surface area contributed by atoms with Crippen molar-refractivity contribution >= 4 is 27.3 Å². The van der Waals surface area contributed by atoms with Crippen LogP contribution in [-0.2, 0) is 0 Å². The monoisotopic (exact) mass is 303 g/mol. The van der Waals surface area contributed by atoms with Crippen LogP contribution in [0.4, 0.5) is 0 Å². The molecule has 1 aromatic heterocycles. The summed E-state index contributed by atoms with van der Waals surface area (Å²) in [5, 5.41) is 8.11. The Morgan fingerprint density at radius 2 is 2.06 bits per heavy atom. The highest BCUT2D eigenvalue weighted by molar-refractivity contribution is 9.10. The van der Waals surface area contributed by atoms with E-state index in [9.17, 15) is 0 Å². The average Bonchev–Trinajstić information content (AvgIpc) is 2.65. The molecule has 0 spiro atoms. The molecular formula is C13H22BrNS. The number of hydrogen-bond donors (Lipinski definition) is 1. The summed E-state index contributed by atoms with van der Waals surface area (Å²) in [5.41, 5.74) is 1.70. The quantitative estimate of drug-likeness (QED) is 0.781. The van der Waals surface area contributed by atoms with E-state index >= 15 is 0 Å². The zero-order valence-corrected chi connectivity index (χ0v) is 13.0. The van der Waals surface area contributed by atoms with Gasteiger partial charge in [0.1, 0.15) is 0 Å². The third-order valence-electron chi connectivity index (χ3n) is 3.24. The van der Waals surface area contributed by atoms with Gasteiger partial charge in [-0.2, -0.15) is 11.3 Å². The lowest BCUT2D eigenvalue weighted by molar-refractivity contribution is 0.234. The van der Waals surface area contributed by atoms with Crippen molar-refractivity contribution in [3.8, 4) is 0 Å². The molecule has 1 unspecified atom stereocenters. The van der Waals surface area contributed by atoms with Crippen molar-refractivity contribution in [3.05, 3.63) is 20.8 Å². The molecule has 1 aromatic rings. The Labute approximate surface area is 112 Å². The van der Waals surface area contributed by atoms with Crippen LogP contribution in [0, 0.1) is 5.41 Å². The summed E-state index contributed by atoms with van der Waals surface area (Å²) in [6, 6.07) is 0.443. The average molecular weight is 304 g/mol. The van der Waals surface area contributed by atoms with Crippen molar-refractivity contribution < 1.29 is 0 Å². The van der Waals surface area contributed by atoms with Crippen LogP contribution in [0.15, 0.2) is 15.2 Å². The molecule has 0 fully saturated rings. The highest BCUT2D eigenvalue weighted by atomic mass is 79.9. The van der Waals surface area contributed by atoms with E-state index in [2.05, 4.69) is 59.7 Å². The van der Waals surface area contributed by atoms with Crippen LogP contribution in [-0.4, -0.2) is 6.54 Å². The predicted octanol–water partition coefficient (Wildman–Crippen LogP) is 4.99. The van der Waals surface area contributed by atoms with Gasteiger partial charge >= 0.3 is 0 Å². The van der Waals surface area contributed by atoms with Crippen LogP contribution in [0.5, 0.6) is 0 Å². The minimum atomic E-state index is 0.290. The van der Waals surface area contributed by atoms with Gasteiger partial charge in [0.25, 0.3) is 0 Å². The fraction of sp³-hybridized carbons (Fsp3) is 0.692. The van der Waals surface area contributed by atoms with Gasteiger partial charge in [0.05, 0.1) is 0 Å².